The summed E-state index contributed by atoms with van der Waals surface area (Å²) in [6, 6.07) is 7.34. The van der Waals surface area contributed by atoms with Crippen molar-refractivity contribution in [1.82, 2.24) is 9.97 Å². The number of carbonyl (C=O) groups excluding carboxylic acids is 1. The van der Waals surface area contributed by atoms with Gasteiger partial charge in [0.25, 0.3) is 0 Å². The van der Waals surface area contributed by atoms with E-state index in [1.165, 1.54) is 6.92 Å². The van der Waals surface area contributed by atoms with Gasteiger partial charge in [-0.05, 0) is 46.9 Å². The molecule has 1 heterocycles. The number of rotatable bonds is 3. The standard InChI is InChI=1S/C12H11IN4O/c1-8(18)16-10-2-4-11(5-3-10)17-12-14-6-9(13)7-15-12/h2-7H,1H3,(H,16,18)(H,14,15,17). The molecule has 0 radical (unpaired) electrons. The Morgan fingerprint density at radius 1 is 1.11 bits per heavy atom. The molecule has 2 aromatic rings. The van der Waals surface area contributed by atoms with E-state index in [4.69, 9.17) is 0 Å². The molecular formula is C12H11IN4O. The fraction of sp³-hybridized carbons (Fsp3) is 0.0833. The van der Waals surface area contributed by atoms with Crippen molar-refractivity contribution in [2.24, 2.45) is 0 Å². The van der Waals surface area contributed by atoms with Crippen LogP contribution in [0.3, 0.4) is 0 Å². The number of nitrogens with zero attached hydrogens (tertiary/aromatic N) is 2. The second kappa shape index (κ2) is 5.76. The van der Waals surface area contributed by atoms with E-state index >= 15 is 0 Å². The van der Waals surface area contributed by atoms with Crippen molar-refractivity contribution < 1.29 is 4.79 Å². The Morgan fingerprint density at radius 2 is 1.67 bits per heavy atom. The molecule has 0 aliphatic heterocycles. The van der Waals surface area contributed by atoms with Gasteiger partial charge in [-0.1, -0.05) is 0 Å². The lowest BCUT2D eigenvalue weighted by atomic mass is 10.3. The van der Waals surface area contributed by atoms with E-state index in [-0.39, 0.29) is 5.91 Å². The molecule has 0 aliphatic carbocycles. The second-order valence-corrected chi connectivity index (χ2v) is 4.85. The molecule has 2 N–H and O–H groups in total. The summed E-state index contributed by atoms with van der Waals surface area (Å²) >= 11 is 2.15. The number of halogens is 1. The van der Waals surface area contributed by atoms with E-state index in [2.05, 4.69) is 43.2 Å². The lowest BCUT2D eigenvalue weighted by Crippen LogP contribution is -2.05. The first-order valence-corrected chi connectivity index (χ1v) is 6.33. The summed E-state index contributed by atoms with van der Waals surface area (Å²) in [5.74, 6) is 0.458. The third kappa shape index (κ3) is 3.66. The molecule has 1 aromatic heterocycles. The average molecular weight is 354 g/mol. The van der Waals surface area contributed by atoms with Gasteiger partial charge in [-0.15, -0.1) is 0 Å². The zero-order valence-electron chi connectivity index (χ0n) is 9.64. The van der Waals surface area contributed by atoms with Crippen LogP contribution in [0.5, 0.6) is 0 Å². The monoisotopic (exact) mass is 354 g/mol. The van der Waals surface area contributed by atoms with Crippen LogP contribution in [0.2, 0.25) is 0 Å². The highest BCUT2D eigenvalue weighted by Crippen LogP contribution is 2.16. The van der Waals surface area contributed by atoms with Crippen LogP contribution in [-0.4, -0.2) is 15.9 Å². The normalized spacial score (nSPS) is 9.89. The van der Waals surface area contributed by atoms with Gasteiger partial charge >= 0.3 is 0 Å². The maximum atomic E-state index is 10.9. The fourth-order valence-electron chi connectivity index (χ4n) is 1.35. The van der Waals surface area contributed by atoms with Gasteiger partial charge in [0.2, 0.25) is 11.9 Å². The first-order valence-electron chi connectivity index (χ1n) is 5.26. The molecule has 0 bridgehead atoms. The van der Waals surface area contributed by atoms with Gasteiger partial charge in [0.1, 0.15) is 0 Å². The minimum atomic E-state index is -0.0864. The molecule has 0 fully saturated rings. The summed E-state index contributed by atoms with van der Waals surface area (Å²) in [5.41, 5.74) is 1.63. The second-order valence-electron chi connectivity index (χ2n) is 3.61. The van der Waals surface area contributed by atoms with Crippen molar-refractivity contribution in [3.8, 4) is 0 Å². The largest absolute Gasteiger partial charge is 0.326 e. The van der Waals surface area contributed by atoms with Gasteiger partial charge in [-0.25, -0.2) is 9.97 Å². The Bertz CT molecular complexity index is 539. The van der Waals surface area contributed by atoms with Gasteiger partial charge in [0.15, 0.2) is 0 Å². The van der Waals surface area contributed by atoms with Crippen LogP contribution in [0.4, 0.5) is 17.3 Å². The number of hydrogen-bond acceptors (Lipinski definition) is 4. The lowest BCUT2D eigenvalue weighted by molar-refractivity contribution is -0.114. The van der Waals surface area contributed by atoms with Crippen molar-refractivity contribution >= 4 is 45.8 Å². The van der Waals surface area contributed by atoms with Crippen LogP contribution in [-0.2, 0) is 4.79 Å². The first kappa shape index (κ1) is 12.7. The summed E-state index contributed by atoms with van der Waals surface area (Å²) in [6.45, 7) is 1.48. The molecule has 92 valence electrons. The molecule has 0 saturated heterocycles. The maximum absolute atomic E-state index is 10.9. The van der Waals surface area contributed by atoms with Crippen molar-refractivity contribution in [3.63, 3.8) is 0 Å². The number of hydrogen-bond donors (Lipinski definition) is 2. The van der Waals surface area contributed by atoms with Crippen LogP contribution in [0, 0.1) is 3.57 Å². The quantitative estimate of drug-likeness (QED) is 0.832. The van der Waals surface area contributed by atoms with E-state index < -0.39 is 0 Å². The Labute approximate surface area is 118 Å². The number of benzene rings is 1. The predicted octanol–water partition coefficient (Wildman–Crippen LogP) is 2.78. The van der Waals surface area contributed by atoms with Crippen LogP contribution >= 0.6 is 22.6 Å². The summed E-state index contributed by atoms with van der Waals surface area (Å²) < 4.78 is 0.985. The molecule has 1 amide bonds. The van der Waals surface area contributed by atoms with Crippen molar-refractivity contribution in [2.45, 2.75) is 6.92 Å². The molecule has 0 atom stereocenters. The highest BCUT2D eigenvalue weighted by molar-refractivity contribution is 14.1. The Hall–Kier alpha value is -1.70. The maximum Gasteiger partial charge on any atom is 0.227 e. The summed E-state index contributed by atoms with van der Waals surface area (Å²) in [4.78, 5) is 19.2. The van der Waals surface area contributed by atoms with Crippen LogP contribution in [0.15, 0.2) is 36.7 Å². The topological polar surface area (TPSA) is 66.9 Å². The molecule has 5 nitrogen and oxygen atoms in total. The first-order chi connectivity index (χ1) is 8.63. The van der Waals surface area contributed by atoms with Crippen molar-refractivity contribution in [1.29, 1.82) is 0 Å². The van der Waals surface area contributed by atoms with Gasteiger partial charge in [0, 0.05) is 34.3 Å². The summed E-state index contributed by atoms with van der Waals surface area (Å²) in [6.07, 6.45) is 3.48. The van der Waals surface area contributed by atoms with E-state index in [9.17, 15) is 4.79 Å². The van der Waals surface area contributed by atoms with Crippen LogP contribution in [0.1, 0.15) is 6.92 Å². The molecule has 18 heavy (non-hydrogen) atoms. The number of nitrogens with one attached hydrogen (secondary N) is 2. The zero-order valence-corrected chi connectivity index (χ0v) is 11.8. The number of carbonyl (C=O) groups is 1. The molecule has 0 unspecified atom stereocenters. The minimum absolute atomic E-state index is 0.0864. The van der Waals surface area contributed by atoms with Gasteiger partial charge in [0.05, 0.1) is 0 Å². The average Bonchev–Trinajstić information content (AvgIpc) is 2.34. The summed E-state index contributed by atoms with van der Waals surface area (Å²) in [5, 5.41) is 5.78. The lowest BCUT2D eigenvalue weighted by Gasteiger charge is -2.06. The van der Waals surface area contributed by atoms with Gasteiger partial charge < -0.3 is 10.6 Å². The van der Waals surface area contributed by atoms with E-state index in [1.54, 1.807) is 12.4 Å². The minimum Gasteiger partial charge on any atom is -0.326 e. The molecule has 2 rings (SSSR count). The molecule has 0 spiro atoms. The zero-order chi connectivity index (χ0) is 13.0. The summed E-state index contributed by atoms with van der Waals surface area (Å²) in [7, 11) is 0. The third-order valence-corrected chi connectivity index (χ3v) is 2.64. The Morgan fingerprint density at radius 3 is 2.22 bits per heavy atom. The molecule has 0 aliphatic rings. The van der Waals surface area contributed by atoms with Crippen molar-refractivity contribution in [2.75, 3.05) is 10.6 Å². The molecular weight excluding hydrogens is 343 g/mol. The van der Waals surface area contributed by atoms with Gasteiger partial charge in [-0.3, -0.25) is 4.79 Å². The molecule has 1 aromatic carbocycles. The molecule has 6 heteroatoms. The Kier molecular flexibility index (Phi) is 4.08. The highest BCUT2D eigenvalue weighted by atomic mass is 127. The number of amides is 1. The fourth-order valence-corrected chi connectivity index (χ4v) is 1.62. The van der Waals surface area contributed by atoms with E-state index in [0.717, 1.165) is 14.9 Å². The number of aromatic nitrogens is 2. The Balaban J connectivity index is 2.06. The van der Waals surface area contributed by atoms with E-state index in [1.807, 2.05) is 24.3 Å². The van der Waals surface area contributed by atoms with Crippen LogP contribution in [0.25, 0.3) is 0 Å². The van der Waals surface area contributed by atoms with Crippen LogP contribution < -0.4 is 10.6 Å². The third-order valence-electron chi connectivity index (χ3n) is 2.08. The molecule has 0 saturated carbocycles. The number of anilines is 3. The van der Waals surface area contributed by atoms with Crippen molar-refractivity contribution in [3.05, 3.63) is 40.2 Å². The smallest absolute Gasteiger partial charge is 0.227 e. The van der Waals surface area contributed by atoms with Gasteiger partial charge in [-0.2, -0.15) is 0 Å². The highest BCUT2D eigenvalue weighted by Gasteiger charge is 1.99. The predicted molar refractivity (Wildman–Crippen MR) is 78.8 cm³/mol. The SMILES string of the molecule is CC(=O)Nc1ccc(Nc2ncc(I)cn2)cc1. The van der Waals surface area contributed by atoms with E-state index in [0.29, 0.717) is 5.95 Å².